The van der Waals surface area contributed by atoms with E-state index in [0.717, 1.165) is 24.3 Å². The monoisotopic (exact) mass is 497 g/mol. The molecule has 0 unspecified atom stereocenters. The van der Waals surface area contributed by atoms with Crippen LogP contribution in [0.1, 0.15) is 43.4 Å². The summed E-state index contributed by atoms with van der Waals surface area (Å²) < 4.78 is 26.0. The molecule has 188 valence electrons. The molecule has 0 saturated carbocycles. The van der Waals surface area contributed by atoms with Crippen LogP contribution in [0.5, 0.6) is 0 Å². The van der Waals surface area contributed by atoms with Gasteiger partial charge in [-0.15, -0.1) is 0 Å². The van der Waals surface area contributed by atoms with Crippen LogP contribution >= 0.6 is 0 Å². The highest BCUT2D eigenvalue weighted by molar-refractivity contribution is 7.91. The summed E-state index contributed by atoms with van der Waals surface area (Å²) in [5.74, 6) is -0.298. The molecule has 0 aromatic heterocycles. The number of carbonyl (C=O) groups excluding carboxylic acids is 2. The van der Waals surface area contributed by atoms with Gasteiger partial charge in [-0.25, -0.2) is 8.42 Å². The minimum atomic E-state index is -3.60. The molecule has 1 atom stereocenters. The molecular formula is C27H35N3O4S. The van der Waals surface area contributed by atoms with Gasteiger partial charge in [0.1, 0.15) is 0 Å². The van der Waals surface area contributed by atoms with Crippen LogP contribution in [0.15, 0.2) is 41.3 Å². The van der Waals surface area contributed by atoms with Crippen LogP contribution < -0.4 is 9.80 Å². The van der Waals surface area contributed by atoms with E-state index in [0.29, 0.717) is 25.9 Å². The third-order valence-corrected chi connectivity index (χ3v) is 8.83. The summed E-state index contributed by atoms with van der Waals surface area (Å²) >= 11 is 0. The molecule has 7 nitrogen and oxygen atoms in total. The van der Waals surface area contributed by atoms with E-state index in [1.807, 2.05) is 13.8 Å². The van der Waals surface area contributed by atoms with E-state index < -0.39 is 9.84 Å². The van der Waals surface area contributed by atoms with Gasteiger partial charge in [0.2, 0.25) is 11.8 Å². The fourth-order valence-electron chi connectivity index (χ4n) is 5.11. The smallest absolute Gasteiger partial charge is 0.226 e. The first kappa shape index (κ1) is 25.2. The van der Waals surface area contributed by atoms with Crippen molar-refractivity contribution in [1.82, 2.24) is 4.90 Å². The van der Waals surface area contributed by atoms with Gasteiger partial charge in [-0.2, -0.15) is 0 Å². The summed E-state index contributed by atoms with van der Waals surface area (Å²) in [6.45, 7) is 10.6. The molecule has 2 amide bonds. The second-order valence-electron chi connectivity index (χ2n) is 9.69. The van der Waals surface area contributed by atoms with Crippen LogP contribution in [-0.2, 0) is 25.8 Å². The first-order valence-corrected chi connectivity index (χ1v) is 14.0. The third-order valence-electron chi connectivity index (χ3n) is 7.12. The Morgan fingerprint density at radius 1 is 0.943 bits per heavy atom. The first-order valence-electron chi connectivity index (χ1n) is 12.4. The maximum Gasteiger partial charge on any atom is 0.226 e. The molecule has 0 N–H and O–H groups in total. The number of piperazine rings is 1. The van der Waals surface area contributed by atoms with Gasteiger partial charge in [-0.1, -0.05) is 19.1 Å². The molecule has 8 heteroatoms. The van der Waals surface area contributed by atoms with Crippen molar-refractivity contribution in [1.29, 1.82) is 0 Å². The minimum Gasteiger partial charge on any atom is -0.368 e. The number of benzene rings is 2. The summed E-state index contributed by atoms with van der Waals surface area (Å²) in [5, 5.41) is 0. The number of nitrogens with zero attached hydrogens (tertiary/aromatic N) is 3. The van der Waals surface area contributed by atoms with Crippen molar-refractivity contribution >= 4 is 33.0 Å². The summed E-state index contributed by atoms with van der Waals surface area (Å²) in [6, 6.07) is 11.4. The van der Waals surface area contributed by atoms with Gasteiger partial charge < -0.3 is 14.7 Å². The van der Waals surface area contributed by atoms with E-state index in [1.165, 1.54) is 16.8 Å². The first-order chi connectivity index (χ1) is 16.6. The summed E-state index contributed by atoms with van der Waals surface area (Å²) in [6.07, 6.45) is 1.01. The number of anilines is 2. The Morgan fingerprint density at radius 2 is 1.66 bits per heavy atom. The Kier molecular flexibility index (Phi) is 7.22. The van der Waals surface area contributed by atoms with Crippen LogP contribution in [0.25, 0.3) is 0 Å². The Morgan fingerprint density at radius 3 is 2.34 bits per heavy atom. The maximum absolute atomic E-state index is 13.0. The fourth-order valence-corrected chi connectivity index (χ4v) is 6.38. The molecule has 35 heavy (non-hydrogen) atoms. The summed E-state index contributed by atoms with van der Waals surface area (Å²) in [7, 11) is -3.60. The zero-order valence-corrected chi connectivity index (χ0v) is 21.9. The number of hydrogen-bond acceptors (Lipinski definition) is 5. The highest BCUT2D eigenvalue weighted by Gasteiger charge is 2.31. The van der Waals surface area contributed by atoms with Crippen LogP contribution in [0.2, 0.25) is 0 Å². The fraction of sp³-hybridized carbons (Fsp3) is 0.481. The van der Waals surface area contributed by atoms with Crippen molar-refractivity contribution in [2.45, 2.75) is 57.9 Å². The van der Waals surface area contributed by atoms with E-state index in [1.54, 1.807) is 28.0 Å². The Labute approximate surface area is 208 Å². The molecule has 2 aliphatic heterocycles. The predicted molar refractivity (Wildman–Crippen MR) is 139 cm³/mol. The molecule has 0 spiro atoms. The zero-order valence-electron chi connectivity index (χ0n) is 21.1. The van der Waals surface area contributed by atoms with Crippen LogP contribution in [0.4, 0.5) is 11.4 Å². The molecule has 0 bridgehead atoms. The maximum atomic E-state index is 13.0. The van der Waals surface area contributed by atoms with Crippen molar-refractivity contribution in [2.24, 2.45) is 0 Å². The lowest BCUT2D eigenvalue weighted by atomic mass is 10.1. The SMILES string of the molecule is CCC(=O)N1c2ccc(S(=O)(=O)CCC(=O)N3CCN(c4cc(C)ccc4C)CC3)cc2C[C@@H]1C. The van der Waals surface area contributed by atoms with Gasteiger partial charge in [0.05, 0.1) is 10.6 Å². The van der Waals surface area contributed by atoms with E-state index >= 15 is 0 Å². The van der Waals surface area contributed by atoms with Crippen molar-refractivity contribution in [3.63, 3.8) is 0 Å². The van der Waals surface area contributed by atoms with Crippen molar-refractivity contribution < 1.29 is 18.0 Å². The number of rotatable bonds is 6. The molecule has 0 aliphatic carbocycles. The van der Waals surface area contributed by atoms with Crippen molar-refractivity contribution in [2.75, 3.05) is 41.7 Å². The van der Waals surface area contributed by atoms with Crippen LogP contribution in [-0.4, -0.2) is 63.1 Å². The summed E-state index contributed by atoms with van der Waals surface area (Å²) in [4.78, 5) is 31.2. The number of aryl methyl sites for hydroxylation is 2. The second kappa shape index (κ2) is 10.0. The summed E-state index contributed by atoms with van der Waals surface area (Å²) in [5.41, 5.74) is 5.28. The van der Waals surface area contributed by atoms with Gasteiger partial charge >= 0.3 is 0 Å². The van der Waals surface area contributed by atoms with E-state index in [4.69, 9.17) is 0 Å². The molecule has 2 heterocycles. The Bertz CT molecular complexity index is 1230. The largest absolute Gasteiger partial charge is 0.368 e. The lowest BCUT2D eigenvalue weighted by Gasteiger charge is -2.37. The molecule has 2 aliphatic rings. The van der Waals surface area contributed by atoms with Gasteiger partial charge in [0.15, 0.2) is 9.84 Å². The quantitative estimate of drug-likeness (QED) is 0.610. The van der Waals surface area contributed by atoms with Crippen molar-refractivity contribution in [3.05, 3.63) is 53.1 Å². The molecule has 2 aromatic carbocycles. The highest BCUT2D eigenvalue weighted by atomic mass is 32.2. The van der Waals surface area contributed by atoms with Gasteiger partial charge in [-0.05, 0) is 68.1 Å². The molecule has 1 fully saturated rings. The van der Waals surface area contributed by atoms with Crippen LogP contribution in [0, 0.1) is 13.8 Å². The second-order valence-corrected chi connectivity index (χ2v) is 11.8. The predicted octanol–water partition coefficient (Wildman–Crippen LogP) is 3.50. The normalized spacial score (nSPS) is 18.1. The number of amides is 2. The molecule has 1 saturated heterocycles. The zero-order chi connectivity index (χ0) is 25.3. The number of hydrogen-bond donors (Lipinski definition) is 0. The highest BCUT2D eigenvalue weighted by Crippen LogP contribution is 2.34. The van der Waals surface area contributed by atoms with Crippen LogP contribution in [0.3, 0.4) is 0 Å². The number of fused-ring (bicyclic) bond motifs is 1. The standard InChI is InChI=1S/C27H35N3O4S/c1-5-26(31)30-21(4)17-22-18-23(8-9-24(22)30)35(33,34)15-10-27(32)29-13-11-28(12-14-29)25-16-19(2)6-7-20(25)3/h6-9,16,18,21H,5,10-15,17H2,1-4H3/t21-/m0/s1. The minimum absolute atomic E-state index is 0.0132. The average molecular weight is 498 g/mol. The molecule has 2 aromatic rings. The van der Waals surface area contributed by atoms with E-state index in [-0.39, 0.29) is 34.9 Å². The lowest BCUT2D eigenvalue weighted by Crippen LogP contribution is -2.49. The number of sulfone groups is 1. The van der Waals surface area contributed by atoms with E-state index in [9.17, 15) is 18.0 Å². The van der Waals surface area contributed by atoms with Gasteiger partial charge in [0.25, 0.3) is 0 Å². The van der Waals surface area contributed by atoms with Gasteiger partial charge in [-0.3, -0.25) is 9.59 Å². The average Bonchev–Trinajstić information content (AvgIpc) is 3.18. The van der Waals surface area contributed by atoms with Crippen molar-refractivity contribution in [3.8, 4) is 0 Å². The van der Waals surface area contributed by atoms with E-state index in [2.05, 4.69) is 36.9 Å². The topological polar surface area (TPSA) is 78.0 Å². The third kappa shape index (κ3) is 5.22. The lowest BCUT2D eigenvalue weighted by molar-refractivity contribution is -0.131. The molecular weight excluding hydrogens is 462 g/mol. The Hall–Kier alpha value is -2.87. The molecule has 4 rings (SSSR count). The van der Waals surface area contributed by atoms with Gasteiger partial charge in [0, 0.05) is 56.4 Å². The Balaban J connectivity index is 1.36. The number of carbonyl (C=O) groups is 2. The molecule has 0 radical (unpaired) electrons.